The van der Waals surface area contributed by atoms with Crippen molar-refractivity contribution in [3.05, 3.63) is 65.3 Å². The quantitative estimate of drug-likeness (QED) is 0.304. The summed E-state index contributed by atoms with van der Waals surface area (Å²) in [4.78, 5) is 27.9. The van der Waals surface area contributed by atoms with Gasteiger partial charge in [0.15, 0.2) is 5.76 Å². The van der Waals surface area contributed by atoms with Crippen molar-refractivity contribution in [1.29, 1.82) is 0 Å². The van der Waals surface area contributed by atoms with Gasteiger partial charge in [0.2, 0.25) is 5.91 Å². The highest BCUT2D eigenvalue weighted by atomic mass is 35.5. The van der Waals surface area contributed by atoms with E-state index in [4.69, 9.17) is 20.8 Å². The van der Waals surface area contributed by atoms with Gasteiger partial charge in [0.05, 0.1) is 19.2 Å². The molecule has 0 aliphatic heterocycles. The first-order valence-electron chi connectivity index (χ1n) is 12.5. The third-order valence-electron chi connectivity index (χ3n) is 6.53. The Labute approximate surface area is 216 Å². The van der Waals surface area contributed by atoms with Gasteiger partial charge in [-0.25, -0.2) is 4.98 Å². The predicted molar refractivity (Wildman–Crippen MR) is 140 cm³/mol. The van der Waals surface area contributed by atoms with Crippen LogP contribution in [0.2, 0.25) is 5.02 Å². The van der Waals surface area contributed by atoms with E-state index in [0.29, 0.717) is 48.2 Å². The van der Waals surface area contributed by atoms with E-state index in [1.54, 1.807) is 13.1 Å². The monoisotopic (exact) mass is 509 g/mol. The number of esters is 1. The molecule has 0 bridgehead atoms. The summed E-state index contributed by atoms with van der Waals surface area (Å²) in [5.74, 6) is 1.33. The van der Waals surface area contributed by atoms with E-state index in [9.17, 15) is 9.59 Å². The molecule has 1 heterocycles. The summed E-state index contributed by atoms with van der Waals surface area (Å²) in [5, 5.41) is 6.61. The van der Waals surface area contributed by atoms with Gasteiger partial charge >= 0.3 is 5.97 Å². The Morgan fingerprint density at radius 3 is 2.61 bits per heavy atom. The molecule has 0 spiro atoms. The molecule has 1 saturated carbocycles. The Morgan fingerprint density at radius 1 is 1.11 bits per heavy atom. The summed E-state index contributed by atoms with van der Waals surface area (Å²) >= 11 is 6.03. The maximum absolute atomic E-state index is 12.2. The number of benzene rings is 2. The topological polar surface area (TPSA) is 93.5 Å². The highest BCUT2D eigenvalue weighted by Crippen LogP contribution is 2.37. The molecule has 7 nitrogen and oxygen atoms in total. The second-order valence-electron chi connectivity index (χ2n) is 9.11. The van der Waals surface area contributed by atoms with Crippen LogP contribution >= 0.6 is 11.6 Å². The van der Waals surface area contributed by atoms with E-state index in [2.05, 4.69) is 39.9 Å². The molecule has 0 atom stereocenters. The third kappa shape index (κ3) is 7.34. The Hall–Kier alpha value is -3.32. The number of anilines is 2. The van der Waals surface area contributed by atoms with Crippen LogP contribution in [0.1, 0.15) is 56.9 Å². The molecule has 1 aliphatic rings. The van der Waals surface area contributed by atoms with Crippen LogP contribution in [0.5, 0.6) is 0 Å². The number of carbonyl (C=O) groups is 2. The summed E-state index contributed by atoms with van der Waals surface area (Å²) < 4.78 is 10.8. The summed E-state index contributed by atoms with van der Waals surface area (Å²) in [6.45, 7) is 2.47. The number of rotatable bonds is 10. The lowest BCUT2D eigenvalue weighted by molar-refractivity contribution is -0.143. The normalized spacial score (nSPS) is 17.4. The Bertz CT molecular complexity index is 1150. The lowest BCUT2D eigenvalue weighted by atomic mass is 9.77. The molecule has 8 heteroatoms. The zero-order chi connectivity index (χ0) is 25.3. The zero-order valence-corrected chi connectivity index (χ0v) is 21.2. The number of halogens is 1. The SMILES string of the molecule is CCOC(=O)CCNC(=O)CC1CCC(c2ccc(-c3cnc(Nc4cccc(Cl)c4)o3)cc2)CC1. The van der Waals surface area contributed by atoms with Crippen LogP contribution in [0.3, 0.4) is 0 Å². The first-order chi connectivity index (χ1) is 17.5. The fraction of sp³-hybridized carbons (Fsp3) is 0.393. The number of nitrogens with one attached hydrogen (secondary N) is 2. The fourth-order valence-electron chi connectivity index (χ4n) is 4.65. The number of hydrogen-bond acceptors (Lipinski definition) is 6. The summed E-state index contributed by atoms with van der Waals surface area (Å²) in [6.07, 6.45) is 6.63. The predicted octanol–water partition coefficient (Wildman–Crippen LogP) is 6.47. The van der Waals surface area contributed by atoms with Gasteiger partial charge in [-0.15, -0.1) is 0 Å². The van der Waals surface area contributed by atoms with Gasteiger partial charge < -0.3 is 19.8 Å². The molecule has 4 rings (SSSR count). The van der Waals surface area contributed by atoms with Gasteiger partial charge in [0.25, 0.3) is 6.01 Å². The van der Waals surface area contributed by atoms with Crippen LogP contribution in [0.25, 0.3) is 11.3 Å². The number of aromatic nitrogens is 1. The summed E-state index contributed by atoms with van der Waals surface area (Å²) in [6, 6.07) is 16.3. The smallest absolute Gasteiger partial charge is 0.307 e. The minimum atomic E-state index is -0.276. The van der Waals surface area contributed by atoms with E-state index in [1.807, 2.05) is 24.3 Å². The van der Waals surface area contributed by atoms with Crippen molar-refractivity contribution in [2.75, 3.05) is 18.5 Å². The maximum atomic E-state index is 12.2. The number of nitrogens with zero attached hydrogens (tertiary/aromatic N) is 1. The van der Waals surface area contributed by atoms with Gasteiger partial charge in [-0.2, -0.15) is 0 Å². The molecule has 1 aromatic heterocycles. The number of oxazole rings is 1. The van der Waals surface area contributed by atoms with E-state index < -0.39 is 0 Å². The van der Waals surface area contributed by atoms with Crippen LogP contribution < -0.4 is 10.6 Å². The lowest BCUT2D eigenvalue weighted by Gasteiger charge is -2.28. The van der Waals surface area contributed by atoms with Gasteiger partial charge in [-0.05, 0) is 68.2 Å². The van der Waals surface area contributed by atoms with Crippen LogP contribution in [0, 0.1) is 5.92 Å². The van der Waals surface area contributed by atoms with Gasteiger partial charge in [0, 0.05) is 29.2 Å². The molecule has 1 aliphatic carbocycles. The van der Waals surface area contributed by atoms with E-state index in [-0.39, 0.29) is 18.3 Å². The largest absolute Gasteiger partial charge is 0.466 e. The molecule has 1 amide bonds. The molecule has 0 unspecified atom stereocenters. The molecule has 2 aromatic carbocycles. The van der Waals surface area contributed by atoms with Crippen molar-refractivity contribution < 1.29 is 18.7 Å². The molecular formula is C28H32ClN3O4. The standard InChI is InChI=1S/C28H32ClN3O4/c1-2-35-27(34)14-15-30-26(33)16-19-6-8-20(9-7-19)21-10-12-22(13-11-21)25-18-31-28(36-25)32-24-5-3-4-23(29)17-24/h3-5,10-13,17-20H,2,6-9,14-16H2,1H3,(H,30,33)(H,31,32). The van der Waals surface area contributed by atoms with Crippen molar-refractivity contribution in [2.45, 2.75) is 51.4 Å². The first-order valence-corrected chi connectivity index (χ1v) is 12.9. The molecule has 3 aromatic rings. The highest BCUT2D eigenvalue weighted by molar-refractivity contribution is 6.30. The Balaban J connectivity index is 1.23. The minimum Gasteiger partial charge on any atom is -0.466 e. The molecular weight excluding hydrogens is 478 g/mol. The number of ether oxygens (including phenoxy) is 1. The van der Waals surface area contributed by atoms with Crippen LogP contribution in [0.15, 0.2) is 59.1 Å². The van der Waals surface area contributed by atoms with Crippen LogP contribution in [-0.4, -0.2) is 30.0 Å². The van der Waals surface area contributed by atoms with E-state index in [0.717, 1.165) is 36.9 Å². The minimum absolute atomic E-state index is 0.0170. The molecule has 190 valence electrons. The molecule has 0 saturated heterocycles. The molecule has 0 radical (unpaired) electrons. The lowest BCUT2D eigenvalue weighted by Crippen LogP contribution is -2.29. The summed E-state index contributed by atoms with van der Waals surface area (Å²) in [7, 11) is 0. The van der Waals surface area contributed by atoms with Crippen LogP contribution in [-0.2, 0) is 14.3 Å². The third-order valence-corrected chi connectivity index (χ3v) is 6.76. The maximum Gasteiger partial charge on any atom is 0.307 e. The van der Waals surface area contributed by atoms with Gasteiger partial charge in [-0.1, -0.05) is 41.9 Å². The second-order valence-corrected chi connectivity index (χ2v) is 9.55. The van der Waals surface area contributed by atoms with Crippen LogP contribution in [0.4, 0.5) is 11.7 Å². The van der Waals surface area contributed by atoms with Gasteiger partial charge in [0.1, 0.15) is 0 Å². The first kappa shape index (κ1) is 25.8. The van der Waals surface area contributed by atoms with Crippen molar-refractivity contribution in [2.24, 2.45) is 5.92 Å². The molecule has 1 fully saturated rings. The molecule has 36 heavy (non-hydrogen) atoms. The average Bonchev–Trinajstić information content (AvgIpc) is 3.33. The zero-order valence-electron chi connectivity index (χ0n) is 20.5. The average molecular weight is 510 g/mol. The van der Waals surface area contributed by atoms with E-state index in [1.165, 1.54) is 5.56 Å². The van der Waals surface area contributed by atoms with Crippen molar-refractivity contribution >= 4 is 35.2 Å². The highest BCUT2D eigenvalue weighted by Gasteiger charge is 2.24. The van der Waals surface area contributed by atoms with Crippen molar-refractivity contribution in [3.63, 3.8) is 0 Å². The van der Waals surface area contributed by atoms with Crippen molar-refractivity contribution in [3.8, 4) is 11.3 Å². The van der Waals surface area contributed by atoms with Crippen molar-refractivity contribution in [1.82, 2.24) is 10.3 Å². The number of hydrogen-bond donors (Lipinski definition) is 2. The second kappa shape index (κ2) is 12.6. The fourth-order valence-corrected chi connectivity index (χ4v) is 4.84. The van der Waals surface area contributed by atoms with Gasteiger partial charge in [-0.3, -0.25) is 9.59 Å². The van der Waals surface area contributed by atoms with E-state index >= 15 is 0 Å². The summed E-state index contributed by atoms with van der Waals surface area (Å²) in [5.41, 5.74) is 3.10. The number of amides is 1. The Morgan fingerprint density at radius 2 is 1.89 bits per heavy atom. The number of carbonyl (C=O) groups excluding carboxylic acids is 2. The Kier molecular flexibility index (Phi) is 9.01. The molecule has 2 N–H and O–H groups in total.